The molecule has 0 radical (unpaired) electrons. The number of fused-ring (bicyclic) bond motifs is 1. The van der Waals surface area contributed by atoms with Gasteiger partial charge in [-0.1, -0.05) is 24.6 Å². The fraction of sp³-hybridized carbons (Fsp3) is 0.364. The summed E-state index contributed by atoms with van der Waals surface area (Å²) in [6, 6.07) is 10.8. The zero-order valence-electron chi connectivity index (χ0n) is 17.5. The maximum absolute atomic E-state index is 12.5. The summed E-state index contributed by atoms with van der Waals surface area (Å²) < 4.78 is 1.73. The van der Waals surface area contributed by atoms with Gasteiger partial charge in [0, 0.05) is 12.1 Å². The lowest BCUT2D eigenvalue weighted by Crippen LogP contribution is -2.27. The van der Waals surface area contributed by atoms with E-state index in [4.69, 9.17) is 0 Å². The van der Waals surface area contributed by atoms with E-state index in [1.165, 1.54) is 0 Å². The predicted molar refractivity (Wildman–Crippen MR) is 114 cm³/mol. The Kier molecular flexibility index (Phi) is 5.68. The van der Waals surface area contributed by atoms with Crippen molar-refractivity contribution >= 4 is 28.7 Å². The average molecular weight is 393 g/mol. The summed E-state index contributed by atoms with van der Waals surface area (Å²) in [5.74, 6) is -0.0494. The van der Waals surface area contributed by atoms with Crippen molar-refractivity contribution in [3.63, 3.8) is 0 Å². The number of nitrogens with one attached hydrogen (secondary N) is 2. The van der Waals surface area contributed by atoms with Crippen LogP contribution in [0.5, 0.6) is 0 Å². The highest BCUT2D eigenvalue weighted by atomic mass is 16.2. The molecule has 2 amide bonds. The third-order valence-electron chi connectivity index (χ3n) is 4.47. The number of benzene rings is 1. The fourth-order valence-electron chi connectivity index (χ4n) is 2.92. The number of aryl methyl sites for hydroxylation is 1. The number of hydrogen-bond donors (Lipinski definition) is 2. The second-order valence-corrected chi connectivity index (χ2v) is 8.07. The molecule has 2 N–H and O–H groups in total. The van der Waals surface area contributed by atoms with Crippen LogP contribution in [0, 0.1) is 6.92 Å². The minimum atomic E-state index is -0.381. The van der Waals surface area contributed by atoms with Crippen molar-refractivity contribution in [1.29, 1.82) is 0 Å². The molecule has 0 unspecified atom stereocenters. The van der Waals surface area contributed by atoms with E-state index in [1.54, 1.807) is 28.9 Å². The van der Waals surface area contributed by atoms with E-state index in [0.717, 1.165) is 12.0 Å². The summed E-state index contributed by atoms with van der Waals surface area (Å²) in [6.45, 7) is 10.5. The number of anilines is 1. The summed E-state index contributed by atoms with van der Waals surface area (Å²) in [6.07, 6.45) is 0.844. The maximum Gasteiger partial charge on any atom is 0.272 e. The Morgan fingerprint density at radius 1 is 1.03 bits per heavy atom. The molecule has 0 spiro atoms. The molecule has 2 heterocycles. The summed E-state index contributed by atoms with van der Waals surface area (Å²) in [7, 11) is 0. The van der Waals surface area contributed by atoms with Gasteiger partial charge in [-0.3, -0.25) is 9.59 Å². The molecule has 2 aromatic heterocycles. The van der Waals surface area contributed by atoms with Crippen molar-refractivity contribution in [3.05, 3.63) is 53.2 Å². The van der Waals surface area contributed by atoms with E-state index >= 15 is 0 Å². The lowest BCUT2D eigenvalue weighted by Gasteiger charge is -2.20. The number of rotatable bonds is 5. The van der Waals surface area contributed by atoms with Gasteiger partial charge < -0.3 is 10.6 Å². The molecular weight excluding hydrogens is 366 g/mol. The smallest absolute Gasteiger partial charge is 0.272 e. The Morgan fingerprint density at radius 2 is 1.72 bits per heavy atom. The van der Waals surface area contributed by atoms with Gasteiger partial charge in [-0.25, -0.2) is 9.67 Å². The highest BCUT2D eigenvalue weighted by molar-refractivity contribution is 6.06. The summed E-state index contributed by atoms with van der Waals surface area (Å²) >= 11 is 0. The Morgan fingerprint density at radius 3 is 2.34 bits per heavy atom. The first-order valence-electron chi connectivity index (χ1n) is 9.77. The van der Waals surface area contributed by atoms with Crippen molar-refractivity contribution in [1.82, 2.24) is 20.1 Å². The van der Waals surface area contributed by atoms with Crippen molar-refractivity contribution in [3.8, 4) is 0 Å². The van der Waals surface area contributed by atoms with Gasteiger partial charge in [0.2, 0.25) is 0 Å². The van der Waals surface area contributed by atoms with Crippen LogP contribution in [-0.4, -0.2) is 33.1 Å². The van der Waals surface area contributed by atoms with Crippen molar-refractivity contribution in [2.24, 2.45) is 0 Å². The first-order valence-corrected chi connectivity index (χ1v) is 9.77. The van der Waals surface area contributed by atoms with Gasteiger partial charge in [0.25, 0.3) is 11.8 Å². The topological polar surface area (TPSA) is 88.9 Å². The fourth-order valence-corrected chi connectivity index (χ4v) is 2.92. The molecular formula is C22H27N5O2. The number of nitrogens with zero attached hydrogens (tertiary/aromatic N) is 3. The molecule has 0 bridgehead atoms. The molecule has 29 heavy (non-hydrogen) atoms. The van der Waals surface area contributed by atoms with Crippen LogP contribution in [0.15, 0.2) is 36.4 Å². The van der Waals surface area contributed by atoms with Crippen molar-refractivity contribution in [2.75, 3.05) is 11.9 Å². The van der Waals surface area contributed by atoms with Gasteiger partial charge in [0.15, 0.2) is 11.3 Å². The summed E-state index contributed by atoms with van der Waals surface area (Å²) in [5, 5.41) is 10.9. The van der Waals surface area contributed by atoms with E-state index < -0.39 is 0 Å². The van der Waals surface area contributed by atoms with Crippen LogP contribution < -0.4 is 10.6 Å². The first-order chi connectivity index (χ1) is 13.7. The molecule has 0 fully saturated rings. The minimum absolute atomic E-state index is 0.224. The van der Waals surface area contributed by atoms with Gasteiger partial charge in [-0.15, -0.1) is 0 Å². The highest BCUT2D eigenvalue weighted by Crippen LogP contribution is 2.25. The highest BCUT2D eigenvalue weighted by Gasteiger charge is 2.25. The zero-order chi connectivity index (χ0) is 21.2. The van der Waals surface area contributed by atoms with E-state index in [0.29, 0.717) is 34.7 Å². The van der Waals surface area contributed by atoms with E-state index in [1.807, 2.05) is 46.8 Å². The number of pyridine rings is 1. The molecule has 3 rings (SSSR count). The van der Waals surface area contributed by atoms with Crippen LogP contribution in [0.4, 0.5) is 5.82 Å². The summed E-state index contributed by atoms with van der Waals surface area (Å²) in [5.41, 5.74) is 2.16. The van der Waals surface area contributed by atoms with Crippen LogP contribution in [0.2, 0.25) is 0 Å². The molecule has 0 aliphatic rings. The zero-order valence-corrected chi connectivity index (χ0v) is 17.5. The monoisotopic (exact) mass is 393 g/mol. The Balaban J connectivity index is 1.98. The van der Waals surface area contributed by atoms with Gasteiger partial charge >= 0.3 is 0 Å². The number of aromatic nitrogens is 3. The lowest BCUT2D eigenvalue weighted by molar-refractivity contribution is 0.0947. The molecule has 0 aliphatic heterocycles. The van der Waals surface area contributed by atoms with Gasteiger partial charge in [0.05, 0.1) is 10.9 Å². The number of carbonyl (C=O) groups excluding carboxylic acids is 2. The van der Waals surface area contributed by atoms with Crippen LogP contribution in [0.1, 0.15) is 60.5 Å². The molecule has 0 saturated carbocycles. The van der Waals surface area contributed by atoms with Crippen molar-refractivity contribution in [2.45, 2.75) is 46.6 Å². The molecule has 7 nitrogen and oxygen atoms in total. The van der Waals surface area contributed by atoms with Crippen LogP contribution in [0.3, 0.4) is 0 Å². The van der Waals surface area contributed by atoms with Crippen LogP contribution >= 0.6 is 0 Å². The SMILES string of the molecule is CCCNC(=O)c1nn(C(C)(C)C)c2nc(NC(=O)c3ccc(C)cc3)ccc12. The quantitative estimate of drug-likeness (QED) is 0.688. The van der Waals surface area contributed by atoms with Gasteiger partial charge in [-0.05, 0) is 58.4 Å². The number of amides is 2. The van der Waals surface area contributed by atoms with Crippen molar-refractivity contribution < 1.29 is 9.59 Å². The number of carbonyl (C=O) groups is 2. The van der Waals surface area contributed by atoms with Crippen LogP contribution in [0.25, 0.3) is 11.0 Å². The van der Waals surface area contributed by atoms with E-state index in [2.05, 4.69) is 20.7 Å². The standard InChI is InChI=1S/C22H27N5O2/c1-6-13-23-21(29)18-16-11-12-17(24-19(16)27(26-18)22(3,4)5)25-20(28)15-9-7-14(2)8-10-15/h7-12H,6,13H2,1-5H3,(H,23,29)(H,24,25,28). The second-order valence-electron chi connectivity index (χ2n) is 8.07. The lowest BCUT2D eigenvalue weighted by atomic mass is 10.1. The molecule has 7 heteroatoms. The summed E-state index contributed by atoms with van der Waals surface area (Å²) in [4.78, 5) is 29.7. The molecule has 0 aliphatic carbocycles. The van der Waals surface area contributed by atoms with Gasteiger partial charge in [0.1, 0.15) is 5.82 Å². The Bertz CT molecular complexity index is 1050. The van der Waals surface area contributed by atoms with E-state index in [-0.39, 0.29) is 17.4 Å². The third kappa shape index (κ3) is 4.45. The van der Waals surface area contributed by atoms with Crippen LogP contribution in [-0.2, 0) is 5.54 Å². The normalized spacial score (nSPS) is 11.5. The Hall–Kier alpha value is -3.22. The largest absolute Gasteiger partial charge is 0.351 e. The molecule has 1 aromatic carbocycles. The third-order valence-corrected chi connectivity index (χ3v) is 4.47. The van der Waals surface area contributed by atoms with Gasteiger partial charge in [-0.2, -0.15) is 5.10 Å². The molecule has 0 saturated heterocycles. The second kappa shape index (κ2) is 8.03. The molecule has 152 valence electrons. The molecule has 3 aromatic rings. The predicted octanol–water partition coefficient (Wildman–Crippen LogP) is 3.89. The first kappa shape index (κ1) is 20.5. The maximum atomic E-state index is 12.5. The average Bonchev–Trinajstić information content (AvgIpc) is 3.06. The van der Waals surface area contributed by atoms with E-state index in [9.17, 15) is 9.59 Å². The minimum Gasteiger partial charge on any atom is -0.351 e. The Labute approximate surface area is 170 Å². The molecule has 0 atom stereocenters. The number of hydrogen-bond acceptors (Lipinski definition) is 4.